The van der Waals surface area contributed by atoms with Crippen LogP contribution in [0.25, 0.3) is 0 Å². The number of hydrogen-bond donors (Lipinski definition) is 2. The predicted octanol–water partition coefficient (Wildman–Crippen LogP) is 1.41. The highest BCUT2D eigenvalue weighted by Gasteiger charge is 2.15. The molecule has 0 bridgehead atoms. The molecule has 0 aliphatic carbocycles. The summed E-state index contributed by atoms with van der Waals surface area (Å²) < 4.78 is 42.4. The molecule has 28 heavy (non-hydrogen) atoms. The molecule has 0 fully saturated rings. The Balaban J connectivity index is 1.83. The smallest absolute Gasteiger partial charge is 0.254 e. The third-order valence-electron chi connectivity index (χ3n) is 3.85. The second-order valence-corrected chi connectivity index (χ2v) is 7.94. The molecule has 0 atom stereocenters. The number of carbonyl (C=O) groups is 2. The molecule has 0 saturated carbocycles. The van der Waals surface area contributed by atoms with E-state index in [-0.39, 0.29) is 41.5 Å². The van der Waals surface area contributed by atoms with Gasteiger partial charge >= 0.3 is 0 Å². The number of carbonyl (C=O) groups excluding carboxylic acids is 2. The molecule has 0 radical (unpaired) electrons. The first-order valence-electron chi connectivity index (χ1n) is 8.48. The monoisotopic (exact) mass is 408 g/mol. The maximum absolute atomic E-state index is 13.5. The number of hydrogen-bond acceptors (Lipinski definition) is 5. The summed E-state index contributed by atoms with van der Waals surface area (Å²) in [5, 5.41) is 5.11. The van der Waals surface area contributed by atoms with Crippen molar-refractivity contribution in [3.63, 3.8) is 0 Å². The molecular weight excluding hydrogens is 387 g/mol. The van der Waals surface area contributed by atoms with Gasteiger partial charge in [-0.05, 0) is 36.4 Å². The zero-order valence-electron chi connectivity index (χ0n) is 15.3. The van der Waals surface area contributed by atoms with Crippen molar-refractivity contribution in [2.24, 2.45) is 0 Å². The molecule has 7 nitrogen and oxygen atoms in total. The highest BCUT2D eigenvalue weighted by molar-refractivity contribution is 7.91. The molecule has 0 unspecified atom stereocenters. The molecule has 9 heteroatoms. The Morgan fingerprint density at radius 3 is 2.18 bits per heavy atom. The molecule has 2 N–H and O–H groups in total. The lowest BCUT2D eigenvalue weighted by molar-refractivity contribution is 0.0925. The van der Waals surface area contributed by atoms with Gasteiger partial charge in [-0.3, -0.25) is 9.59 Å². The van der Waals surface area contributed by atoms with E-state index in [2.05, 4.69) is 10.6 Å². The lowest BCUT2D eigenvalue weighted by Crippen LogP contribution is -2.35. The van der Waals surface area contributed by atoms with Crippen molar-refractivity contribution in [3.05, 3.63) is 65.5 Å². The fourth-order valence-corrected chi connectivity index (χ4v) is 3.49. The Bertz CT molecular complexity index is 930. The molecule has 0 spiro atoms. The van der Waals surface area contributed by atoms with E-state index in [1.807, 2.05) is 0 Å². The summed E-state index contributed by atoms with van der Waals surface area (Å²) in [6, 6.07) is 11.1. The van der Waals surface area contributed by atoms with Crippen molar-refractivity contribution in [3.8, 4) is 0 Å². The third-order valence-corrected chi connectivity index (χ3v) is 5.54. The second-order valence-electron chi connectivity index (χ2n) is 5.83. The van der Waals surface area contributed by atoms with Gasteiger partial charge in [-0.15, -0.1) is 0 Å². The molecule has 2 aromatic rings. The number of benzene rings is 2. The van der Waals surface area contributed by atoms with E-state index in [4.69, 9.17) is 4.74 Å². The first kappa shape index (κ1) is 21.5. The average molecular weight is 408 g/mol. The van der Waals surface area contributed by atoms with Crippen LogP contribution in [0.4, 0.5) is 4.39 Å². The maximum Gasteiger partial charge on any atom is 0.254 e. The largest absolute Gasteiger partial charge is 0.384 e. The van der Waals surface area contributed by atoms with Gasteiger partial charge in [-0.25, -0.2) is 12.8 Å². The Kier molecular flexibility index (Phi) is 7.65. The lowest BCUT2D eigenvalue weighted by atomic mass is 10.2. The molecular formula is C19H21FN2O5S. The van der Waals surface area contributed by atoms with Crippen LogP contribution in [-0.2, 0) is 14.6 Å². The van der Waals surface area contributed by atoms with E-state index < -0.39 is 27.5 Å². The quantitative estimate of drug-likeness (QED) is 0.611. The molecule has 2 amide bonds. The molecule has 0 aliphatic heterocycles. The maximum atomic E-state index is 13.5. The van der Waals surface area contributed by atoms with Crippen LogP contribution in [0.2, 0.25) is 0 Å². The van der Waals surface area contributed by atoms with Crippen molar-refractivity contribution >= 4 is 21.7 Å². The summed E-state index contributed by atoms with van der Waals surface area (Å²) in [5.41, 5.74) is 0.213. The van der Waals surface area contributed by atoms with Crippen molar-refractivity contribution in [2.45, 2.75) is 4.90 Å². The first-order valence-corrected chi connectivity index (χ1v) is 10.1. The summed E-state index contributed by atoms with van der Waals surface area (Å²) in [6.45, 7) is 0.332. The van der Waals surface area contributed by atoms with Crippen LogP contribution in [-0.4, -0.2) is 52.8 Å². The molecule has 0 saturated heterocycles. The fourth-order valence-electron chi connectivity index (χ4n) is 2.32. The van der Waals surface area contributed by atoms with Crippen molar-refractivity contribution in [2.75, 3.05) is 32.6 Å². The SMILES string of the molecule is COCCS(=O)(=O)c1ccc(C(=O)NCCNC(=O)c2ccccc2F)cc1. The van der Waals surface area contributed by atoms with Crippen LogP contribution in [0.1, 0.15) is 20.7 Å². The number of halogens is 1. The molecule has 0 aliphatic rings. The van der Waals surface area contributed by atoms with Gasteiger partial charge in [0, 0.05) is 25.8 Å². The summed E-state index contributed by atoms with van der Waals surface area (Å²) in [7, 11) is -2.04. The van der Waals surface area contributed by atoms with Crippen molar-refractivity contribution in [1.82, 2.24) is 10.6 Å². The third kappa shape index (κ3) is 5.86. The van der Waals surface area contributed by atoms with Gasteiger partial charge in [0.15, 0.2) is 9.84 Å². The summed E-state index contributed by atoms with van der Waals surface area (Å²) in [5.74, 6) is -1.75. The standard InChI is InChI=1S/C19H21FN2O5S/c1-27-12-13-28(25,26)15-8-6-14(7-9-15)18(23)21-10-11-22-19(24)16-4-2-3-5-17(16)20/h2-9H,10-13H2,1H3,(H,21,23)(H,22,24). The van der Waals surface area contributed by atoms with Gasteiger partial charge in [-0.2, -0.15) is 0 Å². The number of sulfone groups is 1. The van der Waals surface area contributed by atoms with E-state index >= 15 is 0 Å². The van der Waals surface area contributed by atoms with Crippen LogP contribution >= 0.6 is 0 Å². The van der Waals surface area contributed by atoms with Gasteiger partial charge in [0.2, 0.25) is 0 Å². The molecule has 0 heterocycles. The van der Waals surface area contributed by atoms with Gasteiger partial charge in [0.05, 0.1) is 22.8 Å². The van der Waals surface area contributed by atoms with Crippen molar-refractivity contribution in [1.29, 1.82) is 0 Å². The zero-order chi connectivity index (χ0) is 20.6. The van der Waals surface area contributed by atoms with Crippen LogP contribution in [0.15, 0.2) is 53.4 Å². The van der Waals surface area contributed by atoms with Crippen LogP contribution < -0.4 is 10.6 Å². The van der Waals surface area contributed by atoms with E-state index in [1.54, 1.807) is 6.07 Å². The minimum absolute atomic E-state index is 0.0703. The summed E-state index contributed by atoms with van der Waals surface area (Å²) >= 11 is 0. The Morgan fingerprint density at radius 1 is 0.964 bits per heavy atom. The Hall–Kier alpha value is -2.78. The van der Waals surface area contributed by atoms with E-state index in [0.29, 0.717) is 0 Å². The second kappa shape index (κ2) is 9.95. The summed E-state index contributed by atoms with van der Waals surface area (Å²) in [6.07, 6.45) is 0. The topological polar surface area (TPSA) is 102 Å². The molecule has 150 valence electrons. The van der Waals surface area contributed by atoms with Gasteiger partial charge in [0.1, 0.15) is 5.82 Å². The zero-order valence-corrected chi connectivity index (χ0v) is 16.1. The highest BCUT2D eigenvalue weighted by atomic mass is 32.2. The first-order chi connectivity index (χ1) is 13.3. The van der Waals surface area contributed by atoms with E-state index in [0.717, 1.165) is 0 Å². The number of nitrogens with one attached hydrogen (secondary N) is 2. The average Bonchev–Trinajstić information content (AvgIpc) is 2.69. The molecule has 2 rings (SSSR count). The van der Waals surface area contributed by atoms with Crippen molar-refractivity contribution < 1.29 is 27.1 Å². The van der Waals surface area contributed by atoms with E-state index in [9.17, 15) is 22.4 Å². The highest BCUT2D eigenvalue weighted by Crippen LogP contribution is 2.12. The van der Waals surface area contributed by atoms with Crippen LogP contribution in [0.3, 0.4) is 0 Å². The number of rotatable bonds is 9. The predicted molar refractivity (Wildman–Crippen MR) is 101 cm³/mol. The molecule has 2 aromatic carbocycles. The normalized spacial score (nSPS) is 11.1. The summed E-state index contributed by atoms with van der Waals surface area (Å²) in [4.78, 5) is 24.1. The molecule has 0 aromatic heterocycles. The van der Waals surface area contributed by atoms with E-state index in [1.165, 1.54) is 49.6 Å². The Morgan fingerprint density at radius 2 is 1.57 bits per heavy atom. The van der Waals surface area contributed by atoms with Crippen LogP contribution in [0.5, 0.6) is 0 Å². The van der Waals surface area contributed by atoms with Gasteiger partial charge < -0.3 is 15.4 Å². The Labute approximate surface area is 162 Å². The van der Waals surface area contributed by atoms with Crippen LogP contribution in [0, 0.1) is 5.82 Å². The van der Waals surface area contributed by atoms with Gasteiger partial charge in [0.25, 0.3) is 11.8 Å². The number of methoxy groups -OCH3 is 1. The lowest BCUT2D eigenvalue weighted by Gasteiger charge is -2.08. The number of amides is 2. The minimum Gasteiger partial charge on any atom is -0.384 e. The fraction of sp³-hybridized carbons (Fsp3) is 0.263. The van der Waals surface area contributed by atoms with Gasteiger partial charge in [-0.1, -0.05) is 12.1 Å². The number of ether oxygens (including phenoxy) is 1. The minimum atomic E-state index is -3.46.